The third-order valence-corrected chi connectivity index (χ3v) is 4.82. The molecule has 0 unspecified atom stereocenters. The first-order valence-corrected chi connectivity index (χ1v) is 9.39. The van der Waals surface area contributed by atoms with E-state index in [1.54, 1.807) is 11.2 Å². The van der Waals surface area contributed by atoms with Gasteiger partial charge in [0.1, 0.15) is 18.0 Å². The van der Waals surface area contributed by atoms with Crippen molar-refractivity contribution < 1.29 is 9.53 Å². The van der Waals surface area contributed by atoms with Gasteiger partial charge in [0.25, 0.3) is 0 Å². The minimum absolute atomic E-state index is 0.224. The maximum Gasteiger partial charge on any atom is 0.409 e. The number of piperidine rings is 1. The minimum Gasteiger partial charge on any atom is -0.450 e. The molecule has 0 atom stereocenters. The van der Waals surface area contributed by atoms with Crippen LogP contribution in [0.5, 0.6) is 0 Å². The summed E-state index contributed by atoms with van der Waals surface area (Å²) < 4.78 is 5.06. The zero-order chi connectivity index (χ0) is 19.2. The Bertz CT molecular complexity index is 788. The molecule has 2 N–H and O–H groups in total. The molecular weight excluding hydrogens is 342 g/mol. The first-order chi connectivity index (χ1) is 13.0. The quantitative estimate of drug-likeness (QED) is 0.833. The molecule has 1 aromatic heterocycles. The largest absolute Gasteiger partial charge is 0.450 e. The minimum atomic E-state index is -0.224. The fourth-order valence-electron chi connectivity index (χ4n) is 3.10. The molecule has 27 heavy (non-hydrogen) atoms. The van der Waals surface area contributed by atoms with E-state index in [0.717, 1.165) is 30.2 Å². The van der Waals surface area contributed by atoms with Gasteiger partial charge in [-0.05, 0) is 56.9 Å². The lowest BCUT2D eigenvalue weighted by molar-refractivity contribution is 0.0983. The average molecular weight is 369 g/mol. The van der Waals surface area contributed by atoms with E-state index in [1.807, 2.05) is 19.1 Å². The van der Waals surface area contributed by atoms with Gasteiger partial charge in [-0.15, -0.1) is 0 Å². The van der Waals surface area contributed by atoms with Gasteiger partial charge >= 0.3 is 6.09 Å². The highest BCUT2D eigenvalue weighted by Gasteiger charge is 2.23. The number of likely N-dealkylation sites (tertiary alicyclic amines) is 1. The SMILES string of the molecule is CCOC(=O)N1CCC(Nc2cc(Nc3ccc(C)c(C)c3)ncn2)CC1. The summed E-state index contributed by atoms with van der Waals surface area (Å²) in [7, 11) is 0. The Labute approximate surface area is 160 Å². The number of carbonyl (C=O) groups is 1. The van der Waals surface area contributed by atoms with Crippen LogP contribution < -0.4 is 10.6 Å². The van der Waals surface area contributed by atoms with E-state index < -0.39 is 0 Å². The maximum absolute atomic E-state index is 11.8. The molecule has 1 aliphatic rings. The molecule has 1 amide bonds. The van der Waals surface area contributed by atoms with Crippen LogP contribution >= 0.6 is 0 Å². The molecule has 1 fully saturated rings. The van der Waals surface area contributed by atoms with Crippen molar-refractivity contribution >= 4 is 23.4 Å². The van der Waals surface area contributed by atoms with Crippen molar-refractivity contribution in [3.05, 3.63) is 41.7 Å². The van der Waals surface area contributed by atoms with Gasteiger partial charge in [-0.3, -0.25) is 0 Å². The Balaban J connectivity index is 1.56. The van der Waals surface area contributed by atoms with E-state index in [9.17, 15) is 4.79 Å². The Morgan fingerprint density at radius 1 is 1.15 bits per heavy atom. The van der Waals surface area contributed by atoms with E-state index in [4.69, 9.17) is 4.74 Å². The molecule has 3 rings (SSSR count). The number of benzene rings is 1. The molecule has 0 saturated carbocycles. The van der Waals surface area contributed by atoms with Crippen LogP contribution in [-0.4, -0.2) is 46.7 Å². The number of nitrogens with zero attached hydrogens (tertiary/aromatic N) is 3. The molecule has 0 aliphatic carbocycles. The van der Waals surface area contributed by atoms with Crippen LogP contribution in [0.25, 0.3) is 0 Å². The molecule has 2 aromatic rings. The van der Waals surface area contributed by atoms with Crippen LogP contribution in [0.2, 0.25) is 0 Å². The highest BCUT2D eigenvalue weighted by atomic mass is 16.6. The molecule has 0 bridgehead atoms. The predicted octanol–water partition coefficient (Wildman–Crippen LogP) is 3.87. The second kappa shape index (κ2) is 8.70. The topological polar surface area (TPSA) is 79.4 Å². The van der Waals surface area contributed by atoms with Crippen molar-refractivity contribution in [3.63, 3.8) is 0 Å². The van der Waals surface area contributed by atoms with Crippen LogP contribution in [0, 0.1) is 13.8 Å². The Morgan fingerprint density at radius 3 is 2.59 bits per heavy atom. The lowest BCUT2D eigenvalue weighted by atomic mass is 10.1. The van der Waals surface area contributed by atoms with Crippen molar-refractivity contribution in [2.45, 2.75) is 39.7 Å². The second-order valence-electron chi connectivity index (χ2n) is 6.82. The molecule has 1 aliphatic heterocycles. The lowest BCUT2D eigenvalue weighted by Crippen LogP contribution is -2.42. The standard InChI is InChI=1S/C20H27N5O2/c1-4-27-20(26)25-9-7-16(8-10-25)23-18-12-19(22-13-21-18)24-17-6-5-14(2)15(3)11-17/h5-6,11-13,16H,4,7-10H2,1-3H3,(H2,21,22,23,24). The maximum atomic E-state index is 11.8. The average Bonchev–Trinajstić information content (AvgIpc) is 2.66. The number of hydrogen-bond donors (Lipinski definition) is 2. The van der Waals surface area contributed by atoms with Crippen LogP contribution in [0.3, 0.4) is 0 Å². The monoisotopic (exact) mass is 369 g/mol. The summed E-state index contributed by atoms with van der Waals surface area (Å²) in [4.78, 5) is 22.2. The number of ether oxygens (including phenoxy) is 1. The zero-order valence-corrected chi connectivity index (χ0v) is 16.2. The van der Waals surface area contributed by atoms with Gasteiger partial charge in [-0.25, -0.2) is 14.8 Å². The summed E-state index contributed by atoms with van der Waals surface area (Å²) in [5.74, 6) is 1.53. The molecule has 1 aromatic carbocycles. The van der Waals surface area contributed by atoms with E-state index in [2.05, 4.69) is 46.6 Å². The van der Waals surface area contributed by atoms with E-state index in [-0.39, 0.29) is 12.1 Å². The van der Waals surface area contributed by atoms with Crippen molar-refractivity contribution in [1.29, 1.82) is 0 Å². The van der Waals surface area contributed by atoms with E-state index >= 15 is 0 Å². The second-order valence-corrected chi connectivity index (χ2v) is 6.82. The molecule has 7 heteroatoms. The third-order valence-electron chi connectivity index (χ3n) is 4.82. The summed E-state index contributed by atoms with van der Waals surface area (Å²) in [6, 6.07) is 8.43. The van der Waals surface area contributed by atoms with Crippen LogP contribution in [0.1, 0.15) is 30.9 Å². The van der Waals surface area contributed by atoms with E-state index in [0.29, 0.717) is 19.7 Å². The highest BCUT2D eigenvalue weighted by molar-refractivity contribution is 5.67. The molecule has 0 spiro atoms. The number of anilines is 3. The summed E-state index contributed by atoms with van der Waals surface area (Å²) in [6.45, 7) is 7.80. The first kappa shape index (κ1) is 18.9. The number of aryl methyl sites for hydroxylation is 2. The van der Waals surface area contributed by atoms with Crippen LogP contribution in [0.4, 0.5) is 22.1 Å². The normalized spacial score (nSPS) is 14.7. The van der Waals surface area contributed by atoms with Crippen molar-refractivity contribution in [2.75, 3.05) is 30.3 Å². The predicted molar refractivity (Wildman–Crippen MR) is 106 cm³/mol. The Kier molecular flexibility index (Phi) is 6.11. The fraction of sp³-hybridized carbons (Fsp3) is 0.450. The Hall–Kier alpha value is -2.83. The lowest BCUT2D eigenvalue weighted by Gasteiger charge is -2.31. The van der Waals surface area contributed by atoms with Crippen LogP contribution in [0.15, 0.2) is 30.6 Å². The van der Waals surface area contributed by atoms with Crippen LogP contribution in [-0.2, 0) is 4.74 Å². The molecule has 1 saturated heterocycles. The van der Waals surface area contributed by atoms with E-state index in [1.165, 1.54) is 11.1 Å². The molecule has 7 nitrogen and oxygen atoms in total. The summed E-state index contributed by atoms with van der Waals surface area (Å²) in [5.41, 5.74) is 3.51. The summed E-state index contributed by atoms with van der Waals surface area (Å²) >= 11 is 0. The summed E-state index contributed by atoms with van der Waals surface area (Å²) in [5, 5.41) is 6.77. The van der Waals surface area contributed by atoms with Gasteiger partial charge in [-0.1, -0.05) is 6.07 Å². The van der Waals surface area contributed by atoms with Gasteiger partial charge in [0.05, 0.1) is 6.61 Å². The number of amides is 1. The van der Waals surface area contributed by atoms with Gasteiger partial charge in [-0.2, -0.15) is 0 Å². The summed E-state index contributed by atoms with van der Waals surface area (Å²) in [6.07, 6.45) is 3.06. The number of hydrogen-bond acceptors (Lipinski definition) is 6. The highest BCUT2D eigenvalue weighted by Crippen LogP contribution is 2.21. The van der Waals surface area contributed by atoms with Gasteiger partial charge in [0, 0.05) is 30.9 Å². The molecular formula is C20H27N5O2. The van der Waals surface area contributed by atoms with Gasteiger partial charge in [0.2, 0.25) is 0 Å². The molecule has 2 heterocycles. The van der Waals surface area contributed by atoms with Gasteiger partial charge < -0.3 is 20.3 Å². The van der Waals surface area contributed by atoms with Crippen molar-refractivity contribution in [3.8, 4) is 0 Å². The van der Waals surface area contributed by atoms with Crippen molar-refractivity contribution in [2.24, 2.45) is 0 Å². The van der Waals surface area contributed by atoms with Gasteiger partial charge in [0.15, 0.2) is 0 Å². The smallest absolute Gasteiger partial charge is 0.409 e. The molecule has 144 valence electrons. The molecule has 0 radical (unpaired) electrons. The number of nitrogens with one attached hydrogen (secondary N) is 2. The Morgan fingerprint density at radius 2 is 1.89 bits per heavy atom. The third kappa shape index (κ3) is 5.09. The fourth-order valence-corrected chi connectivity index (χ4v) is 3.10. The first-order valence-electron chi connectivity index (χ1n) is 9.39. The zero-order valence-electron chi connectivity index (χ0n) is 16.2. The van der Waals surface area contributed by atoms with Crippen molar-refractivity contribution in [1.82, 2.24) is 14.9 Å². The number of aromatic nitrogens is 2. The number of carbonyl (C=O) groups excluding carboxylic acids is 1. The number of rotatable bonds is 5.